The van der Waals surface area contributed by atoms with Crippen LogP contribution in [0.1, 0.15) is 50.8 Å². The molecule has 1 heterocycles. The number of benzene rings is 2. The first-order chi connectivity index (χ1) is 17.1. The highest BCUT2D eigenvalue weighted by molar-refractivity contribution is 7.92. The molecule has 1 amide bonds. The average Bonchev–Trinajstić information content (AvgIpc) is 3.39. The molecule has 0 saturated carbocycles. The number of thiophene rings is 1. The van der Waals surface area contributed by atoms with E-state index in [2.05, 4.69) is 5.32 Å². The van der Waals surface area contributed by atoms with Crippen LogP contribution in [0.3, 0.4) is 0 Å². The number of carbonyl (C=O) groups is 2. The Morgan fingerprint density at radius 1 is 1.03 bits per heavy atom. The smallest absolute Gasteiger partial charge is 0.341 e. The summed E-state index contributed by atoms with van der Waals surface area (Å²) >= 11 is 1.36. The van der Waals surface area contributed by atoms with Gasteiger partial charge in [-0.15, -0.1) is 11.3 Å². The number of anilines is 2. The van der Waals surface area contributed by atoms with Gasteiger partial charge in [0.05, 0.1) is 22.8 Å². The van der Waals surface area contributed by atoms with Crippen molar-refractivity contribution in [2.24, 2.45) is 0 Å². The topological polar surface area (TPSA) is 92.8 Å². The highest BCUT2D eigenvalue weighted by atomic mass is 32.2. The number of esters is 1. The summed E-state index contributed by atoms with van der Waals surface area (Å²) in [6.07, 6.45) is 2.56. The van der Waals surface area contributed by atoms with E-state index in [0.717, 1.165) is 50.7 Å². The van der Waals surface area contributed by atoms with Gasteiger partial charge in [0.25, 0.3) is 10.0 Å². The van der Waals surface area contributed by atoms with E-state index in [0.29, 0.717) is 16.3 Å². The monoisotopic (exact) mass is 526 g/mol. The number of hydrogen-bond donors (Lipinski definition) is 1. The summed E-state index contributed by atoms with van der Waals surface area (Å²) < 4.78 is 33.8. The van der Waals surface area contributed by atoms with Crippen molar-refractivity contribution >= 4 is 43.9 Å². The molecule has 0 spiro atoms. The van der Waals surface area contributed by atoms with E-state index in [1.165, 1.54) is 11.3 Å². The fraction of sp³-hybridized carbons (Fsp3) is 0.333. The Morgan fingerprint density at radius 2 is 1.72 bits per heavy atom. The van der Waals surface area contributed by atoms with Gasteiger partial charge < -0.3 is 10.1 Å². The highest BCUT2D eigenvalue weighted by Crippen LogP contribution is 2.39. The molecule has 0 bridgehead atoms. The zero-order chi connectivity index (χ0) is 26.0. The number of amides is 1. The van der Waals surface area contributed by atoms with Gasteiger partial charge in [0.2, 0.25) is 5.91 Å². The number of sulfonamides is 1. The van der Waals surface area contributed by atoms with Crippen molar-refractivity contribution in [2.75, 3.05) is 22.8 Å². The fourth-order valence-corrected chi connectivity index (χ4v) is 7.21. The van der Waals surface area contributed by atoms with Gasteiger partial charge in [-0.25, -0.2) is 13.2 Å². The number of ether oxygens (including phenoxy) is 1. The van der Waals surface area contributed by atoms with Gasteiger partial charge in [0, 0.05) is 4.88 Å². The molecular weight excluding hydrogens is 496 g/mol. The molecular formula is C27H30N2O5S2. The molecule has 190 valence electrons. The van der Waals surface area contributed by atoms with E-state index >= 15 is 0 Å². The van der Waals surface area contributed by atoms with Gasteiger partial charge in [0.15, 0.2) is 0 Å². The van der Waals surface area contributed by atoms with Crippen molar-refractivity contribution in [3.8, 4) is 0 Å². The second-order valence-electron chi connectivity index (χ2n) is 8.94. The number of rotatable bonds is 8. The first-order valence-electron chi connectivity index (χ1n) is 11.9. The Kier molecular flexibility index (Phi) is 7.51. The lowest BCUT2D eigenvalue weighted by molar-refractivity contribution is -0.114. The summed E-state index contributed by atoms with van der Waals surface area (Å²) in [5.74, 6) is -0.998. The van der Waals surface area contributed by atoms with Crippen LogP contribution in [0.2, 0.25) is 0 Å². The van der Waals surface area contributed by atoms with E-state index in [-0.39, 0.29) is 11.5 Å². The molecule has 0 fully saturated rings. The molecule has 1 N–H and O–H groups in total. The van der Waals surface area contributed by atoms with Crippen LogP contribution in [0.25, 0.3) is 0 Å². The second-order valence-corrected chi connectivity index (χ2v) is 11.9. The maximum atomic E-state index is 13.7. The maximum absolute atomic E-state index is 13.7. The summed E-state index contributed by atoms with van der Waals surface area (Å²) in [6, 6.07) is 12.0. The number of carbonyl (C=O) groups excluding carboxylic acids is 2. The molecule has 0 unspecified atom stereocenters. The number of nitrogens with one attached hydrogen (secondary N) is 1. The minimum Gasteiger partial charge on any atom is -0.462 e. The molecule has 0 saturated heterocycles. The van der Waals surface area contributed by atoms with Crippen molar-refractivity contribution in [1.29, 1.82) is 0 Å². The van der Waals surface area contributed by atoms with Gasteiger partial charge in [0.1, 0.15) is 11.5 Å². The molecule has 0 radical (unpaired) electrons. The van der Waals surface area contributed by atoms with Crippen LogP contribution >= 0.6 is 11.3 Å². The van der Waals surface area contributed by atoms with Crippen molar-refractivity contribution in [1.82, 2.24) is 0 Å². The van der Waals surface area contributed by atoms with Crippen LogP contribution in [0.5, 0.6) is 0 Å². The second kappa shape index (κ2) is 10.4. The molecule has 1 aliphatic rings. The first kappa shape index (κ1) is 25.9. The van der Waals surface area contributed by atoms with E-state index in [9.17, 15) is 18.0 Å². The zero-order valence-electron chi connectivity index (χ0n) is 20.9. The minimum absolute atomic E-state index is 0.100. The number of fused-ring (bicyclic) bond motifs is 1. The Morgan fingerprint density at radius 3 is 2.39 bits per heavy atom. The van der Waals surface area contributed by atoms with Gasteiger partial charge in [-0.3, -0.25) is 9.10 Å². The van der Waals surface area contributed by atoms with Gasteiger partial charge in [-0.05, 0) is 76.3 Å². The standard InChI is InChI=1S/C27H30N2O5S2/c1-5-34-27(31)25-21-7-6-8-23(21)35-26(25)28-24(30)16-29(22-14-11-18(3)15-19(22)4)36(32,33)20-12-9-17(2)10-13-20/h9-15H,5-8,16H2,1-4H3,(H,28,30). The molecule has 9 heteroatoms. The fourth-order valence-electron chi connectivity index (χ4n) is 4.43. The van der Waals surface area contributed by atoms with Crippen LogP contribution in [0.15, 0.2) is 47.4 Å². The van der Waals surface area contributed by atoms with E-state index < -0.39 is 28.4 Å². The average molecular weight is 527 g/mol. The molecule has 4 rings (SSSR count). The molecule has 0 atom stereocenters. The number of nitrogens with zero attached hydrogens (tertiary/aromatic N) is 1. The maximum Gasteiger partial charge on any atom is 0.341 e. The van der Waals surface area contributed by atoms with E-state index in [4.69, 9.17) is 4.74 Å². The Labute approximate surface area is 216 Å². The summed E-state index contributed by atoms with van der Waals surface area (Å²) in [4.78, 5) is 27.2. The van der Waals surface area contributed by atoms with Gasteiger partial charge in [-0.2, -0.15) is 0 Å². The molecule has 2 aromatic carbocycles. The lowest BCUT2D eigenvalue weighted by Gasteiger charge is -2.26. The summed E-state index contributed by atoms with van der Waals surface area (Å²) in [7, 11) is -4.04. The molecule has 7 nitrogen and oxygen atoms in total. The largest absolute Gasteiger partial charge is 0.462 e. The van der Waals surface area contributed by atoms with Crippen molar-refractivity contribution in [3.05, 3.63) is 75.2 Å². The predicted molar refractivity (Wildman–Crippen MR) is 143 cm³/mol. The molecule has 1 aromatic heterocycles. The quantitative estimate of drug-likeness (QED) is 0.409. The molecule has 0 aliphatic heterocycles. The summed E-state index contributed by atoms with van der Waals surface area (Å²) in [5, 5.41) is 3.23. The third kappa shape index (κ3) is 5.17. The summed E-state index contributed by atoms with van der Waals surface area (Å²) in [5.41, 5.74) is 4.40. The lowest BCUT2D eigenvalue weighted by Crippen LogP contribution is -2.38. The van der Waals surface area contributed by atoms with Gasteiger partial charge in [-0.1, -0.05) is 35.4 Å². The third-order valence-electron chi connectivity index (χ3n) is 6.17. The third-order valence-corrected chi connectivity index (χ3v) is 9.15. The van der Waals surface area contributed by atoms with Crippen molar-refractivity contribution in [3.63, 3.8) is 0 Å². The zero-order valence-corrected chi connectivity index (χ0v) is 22.5. The Hall–Kier alpha value is -3.17. The van der Waals surface area contributed by atoms with Crippen LogP contribution in [-0.2, 0) is 32.4 Å². The Bertz CT molecular complexity index is 1410. The lowest BCUT2D eigenvalue weighted by atomic mass is 10.1. The highest BCUT2D eigenvalue weighted by Gasteiger charge is 2.31. The predicted octanol–water partition coefficient (Wildman–Crippen LogP) is 5.17. The first-order valence-corrected chi connectivity index (χ1v) is 14.2. The molecule has 3 aromatic rings. The van der Waals surface area contributed by atoms with Crippen LogP contribution < -0.4 is 9.62 Å². The van der Waals surface area contributed by atoms with Crippen LogP contribution in [0.4, 0.5) is 10.7 Å². The van der Waals surface area contributed by atoms with Crippen LogP contribution in [-0.4, -0.2) is 33.4 Å². The molecule has 1 aliphatic carbocycles. The minimum atomic E-state index is -4.04. The SMILES string of the molecule is CCOC(=O)c1c(NC(=O)CN(c2ccc(C)cc2C)S(=O)(=O)c2ccc(C)cc2)sc2c1CCC2. The van der Waals surface area contributed by atoms with Gasteiger partial charge >= 0.3 is 5.97 Å². The van der Waals surface area contributed by atoms with E-state index in [1.807, 2.05) is 32.9 Å². The molecule has 36 heavy (non-hydrogen) atoms. The number of hydrogen-bond acceptors (Lipinski definition) is 6. The van der Waals surface area contributed by atoms with Crippen LogP contribution in [0, 0.1) is 20.8 Å². The van der Waals surface area contributed by atoms with Crippen molar-refractivity contribution in [2.45, 2.75) is 51.9 Å². The normalized spacial score (nSPS) is 12.8. The van der Waals surface area contributed by atoms with E-state index in [1.54, 1.807) is 37.3 Å². The van der Waals surface area contributed by atoms with Crippen molar-refractivity contribution < 1.29 is 22.7 Å². The number of aryl methyl sites for hydroxylation is 4. The summed E-state index contributed by atoms with van der Waals surface area (Å²) in [6.45, 7) is 7.15. The Balaban J connectivity index is 1.69.